The topological polar surface area (TPSA) is 43.8 Å². The van der Waals surface area contributed by atoms with Crippen molar-refractivity contribution in [1.29, 1.82) is 0 Å². The molecular weight excluding hydrogens is 258 g/mol. The lowest BCUT2D eigenvalue weighted by Crippen LogP contribution is -2.41. The molecule has 2 aromatic rings. The Hall–Kier alpha value is -1.32. The minimum Gasteiger partial charge on any atom is -0.325 e. The van der Waals surface area contributed by atoms with Crippen molar-refractivity contribution in [2.45, 2.75) is 32.2 Å². The molecule has 0 saturated heterocycles. The summed E-state index contributed by atoms with van der Waals surface area (Å²) in [6.45, 7) is 4.03. The fraction of sp³-hybridized carbons (Fsp3) is 0.400. The van der Waals surface area contributed by atoms with Crippen LogP contribution < -0.4 is 5.73 Å². The number of aryl methyl sites for hydroxylation is 2. The van der Waals surface area contributed by atoms with E-state index in [2.05, 4.69) is 24.2 Å². The Balaban J connectivity index is 2.17. The Labute approximate surface area is 119 Å². The molecule has 1 aromatic heterocycles. The van der Waals surface area contributed by atoms with Crippen LogP contribution in [-0.2, 0) is 19.9 Å². The average Bonchev–Trinajstić information content (AvgIpc) is 2.56. The van der Waals surface area contributed by atoms with Crippen molar-refractivity contribution in [3.05, 3.63) is 52.3 Å². The molecule has 1 heterocycles. The highest BCUT2D eigenvalue weighted by Gasteiger charge is 2.24. The quantitative estimate of drug-likeness (QED) is 0.934. The van der Waals surface area contributed by atoms with Crippen molar-refractivity contribution in [3.63, 3.8) is 0 Å². The number of hydrogen-bond acceptors (Lipinski definition) is 2. The zero-order valence-corrected chi connectivity index (χ0v) is 12.4. The molecule has 1 atom stereocenters. The van der Waals surface area contributed by atoms with Crippen LogP contribution in [0.1, 0.15) is 23.7 Å². The third kappa shape index (κ3) is 3.37. The van der Waals surface area contributed by atoms with Gasteiger partial charge in [-0.2, -0.15) is 5.10 Å². The van der Waals surface area contributed by atoms with E-state index in [9.17, 15) is 0 Å². The van der Waals surface area contributed by atoms with E-state index >= 15 is 0 Å². The van der Waals surface area contributed by atoms with Crippen LogP contribution in [0.15, 0.2) is 30.3 Å². The average molecular weight is 278 g/mol. The van der Waals surface area contributed by atoms with Gasteiger partial charge < -0.3 is 5.73 Å². The van der Waals surface area contributed by atoms with Crippen LogP contribution in [0.25, 0.3) is 0 Å². The maximum atomic E-state index is 6.43. The number of nitrogens with two attached hydrogens (primary N) is 1. The van der Waals surface area contributed by atoms with E-state index in [1.807, 2.05) is 32.2 Å². The molecule has 102 valence electrons. The lowest BCUT2D eigenvalue weighted by Gasteiger charge is -2.25. The summed E-state index contributed by atoms with van der Waals surface area (Å²) in [5.74, 6) is 0. The Morgan fingerprint density at radius 3 is 2.42 bits per heavy atom. The zero-order valence-electron chi connectivity index (χ0n) is 11.7. The van der Waals surface area contributed by atoms with Gasteiger partial charge in [-0.05, 0) is 32.3 Å². The summed E-state index contributed by atoms with van der Waals surface area (Å²) in [5.41, 5.74) is 9.34. The van der Waals surface area contributed by atoms with Crippen molar-refractivity contribution in [2.24, 2.45) is 12.8 Å². The first-order valence-corrected chi connectivity index (χ1v) is 6.77. The molecule has 0 spiro atoms. The van der Waals surface area contributed by atoms with Crippen LogP contribution in [0.4, 0.5) is 0 Å². The van der Waals surface area contributed by atoms with Crippen LogP contribution in [0, 0.1) is 6.92 Å². The highest BCUT2D eigenvalue weighted by molar-refractivity contribution is 6.30. The van der Waals surface area contributed by atoms with Crippen LogP contribution in [0.3, 0.4) is 0 Å². The van der Waals surface area contributed by atoms with Gasteiger partial charge in [0.05, 0.1) is 5.69 Å². The number of hydrogen-bond donors (Lipinski definition) is 1. The van der Waals surface area contributed by atoms with Gasteiger partial charge in [0.25, 0.3) is 0 Å². The lowest BCUT2D eigenvalue weighted by atomic mass is 9.87. The molecule has 1 aromatic carbocycles. The van der Waals surface area contributed by atoms with Gasteiger partial charge in [0.2, 0.25) is 0 Å². The summed E-state index contributed by atoms with van der Waals surface area (Å²) in [6.07, 6.45) is 1.54. The van der Waals surface area contributed by atoms with Gasteiger partial charge in [-0.15, -0.1) is 0 Å². The van der Waals surface area contributed by atoms with E-state index in [1.165, 1.54) is 5.56 Å². The van der Waals surface area contributed by atoms with E-state index in [-0.39, 0.29) is 5.54 Å². The summed E-state index contributed by atoms with van der Waals surface area (Å²) >= 11 is 6.27. The molecule has 2 rings (SSSR count). The summed E-state index contributed by atoms with van der Waals surface area (Å²) in [6, 6.07) is 10.3. The number of nitrogens with zero attached hydrogens (tertiary/aromatic N) is 2. The smallest absolute Gasteiger partial charge is 0.130 e. The third-order valence-corrected chi connectivity index (χ3v) is 3.77. The molecule has 0 saturated carbocycles. The van der Waals surface area contributed by atoms with Gasteiger partial charge in [-0.25, -0.2) is 0 Å². The van der Waals surface area contributed by atoms with Gasteiger partial charge in [0.15, 0.2) is 0 Å². The molecule has 0 radical (unpaired) electrons. The molecule has 2 N–H and O–H groups in total. The van der Waals surface area contributed by atoms with Crippen molar-refractivity contribution in [2.75, 3.05) is 0 Å². The molecule has 0 aliphatic rings. The number of rotatable bonds is 4. The Kier molecular flexibility index (Phi) is 3.97. The highest BCUT2D eigenvalue weighted by Crippen LogP contribution is 2.24. The molecular formula is C15H20ClN3. The normalized spacial score (nSPS) is 14.4. The second-order valence-electron chi connectivity index (χ2n) is 5.47. The zero-order chi connectivity index (χ0) is 14.0. The van der Waals surface area contributed by atoms with E-state index in [1.54, 1.807) is 4.68 Å². The van der Waals surface area contributed by atoms with Gasteiger partial charge >= 0.3 is 0 Å². The fourth-order valence-corrected chi connectivity index (χ4v) is 2.64. The maximum absolute atomic E-state index is 6.43. The summed E-state index contributed by atoms with van der Waals surface area (Å²) in [7, 11) is 1.85. The highest BCUT2D eigenvalue weighted by atomic mass is 35.5. The Morgan fingerprint density at radius 2 is 1.89 bits per heavy atom. The first-order valence-electron chi connectivity index (χ1n) is 6.40. The second-order valence-corrected chi connectivity index (χ2v) is 5.83. The Bertz CT molecular complexity index is 558. The number of benzene rings is 1. The van der Waals surface area contributed by atoms with Gasteiger partial charge in [-0.3, -0.25) is 4.68 Å². The van der Waals surface area contributed by atoms with Gasteiger partial charge in [0, 0.05) is 18.2 Å². The standard InChI is InChI=1S/C15H20ClN3/c1-11-13(14(16)19(3)18-11)10-15(2,17)9-12-7-5-4-6-8-12/h4-8H,9-10,17H2,1-3H3. The molecule has 4 heteroatoms. The van der Waals surface area contributed by atoms with Crippen LogP contribution >= 0.6 is 11.6 Å². The number of aromatic nitrogens is 2. The predicted molar refractivity (Wildman–Crippen MR) is 79.4 cm³/mol. The minimum atomic E-state index is -0.335. The minimum absolute atomic E-state index is 0.335. The molecule has 0 bridgehead atoms. The fourth-order valence-electron chi connectivity index (χ4n) is 2.40. The Morgan fingerprint density at radius 1 is 1.26 bits per heavy atom. The van der Waals surface area contributed by atoms with Gasteiger partial charge in [-0.1, -0.05) is 41.9 Å². The second kappa shape index (κ2) is 5.35. The van der Waals surface area contributed by atoms with Crippen molar-refractivity contribution in [1.82, 2.24) is 9.78 Å². The maximum Gasteiger partial charge on any atom is 0.130 e. The van der Waals surface area contributed by atoms with E-state index in [0.29, 0.717) is 5.15 Å². The van der Waals surface area contributed by atoms with Crippen molar-refractivity contribution in [3.8, 4) is 0 Å². The van der Waals surface area contributed by atoms with Crippen molar-refractivity contribution < 1.29 is 0 Å². The SMILES string of the molecule is Cc1nn(C)c(Cl)c1CC(C)(N)Cc1ccccc1. The summed E-state index contributed by atoms with van der Waals surface area (Å²) in [5, 5.41) is 5.01. The lowest BCUT2D eigenvalue weighted by molar-refractivity contribution is 0.462. The molecule has 3 nitrogen and oxygen atoms in total. The van der Waals surface area contributed by atoms with Crippen LogP contribution in [0.5, 0.6) is 0 Å². The van der Waals surface area contributed by atoms with Crippen LogP contribution in [0.2, 0.25) is 5.15 Å². The molecule has 0 aliphatic carbocycles. The predicted octanol–water partition coefficient (Wildman–Crippen LogP) is 2.88. The first-order chi connectivity index (χ1) is 8.89. The van der Waals surface area contributed by atoms with E-state index in [0.717, 1.165) is 24.1 Å². The molecule has 19 heavy (non-hydrogen) atoms. The van der Waals surface area contributed by atoms with E-state index < -0.39 is 0 Å². The summed E-state index contributed by atoms with van der Waals surface area (Å²) < 4.78 is 1.70. The molecule has 0 amide bonds. The number of halogens is 1. The largest absolute Gasteiger partial charge is 0.325 e. The monoisotopic (exact) mass is 277 g/mol. The third-order valence-electron chi connectivity index (χ3n) is 3.30. The summed E-state index contributed by atoms with van der Waals surface area (Å²) in [4.78, 5) is 0. The van der Waals surface area contributed by atoms with E-state index in [4.69, 9.17) is 17.3 Å². The molecule has 0 aliphatic heterocycles. The first kappa shape index (κ1) is 14.1. The van der Waals surface area contributed by atoms with Crippen LogP contribution in [-0.4, -0.2) is 15.3 Å². The van der Waals surface area contributed by atoms with Crippen molar-refractivity contribution >= 4 is 11.6 Å². The van der Waals surface area contributed by atoms with Gasteiger partial charge in [0.1, 0.15) is 5.15 Å². The molecule has 0 fully saturated rings. The molecule has 1 unspecified atom stereocenters.